The fourth-order valence-electron chi connectivity index (χ4n) is 2.71. The number of thiocarbonyl (C=S) groups is 1. The van der Waals surface area contributed by atoms with Crippen LogP contribution in [0.4, 0.5) is 5.69 Å². The fraction of sp³-hybridized carbons (Fsp3) is 0.158. The molecule has 2 aromatic rings. The number of nitrogens with zero attached hydrogens (tertiary/aromatic N) is 2. The lowest BCUT2D eigenvalue weighted by atomic mass is 10.1. The predicted octanol–water partition coefficient (Wildman–Crippen LogP) is 4.13. The van der Waals surface area contributed by atoms with E-state index >= 15 is 0 Å². The second-order valence-corrected chi connectivity index (χ2v) is 7.60. The molecule has 0 spiro atoms. The van der Waals surface area contributed by atoms with Crippen molar-refractivity contribution in [1.82, 2.24) is 4.90 Å². The zero-order chi connectivity index (χ0) is 19.4. The molecule has 0 radical (unpaired) electrons. The second-order valence-electron chi connectivity index (χ2n) is 5.93. The van der Waals surface area contributed by atoms with Crippen molar-refractivity contribution < 1.29 is 14.8 Å². The fourth-order valence-corrected chi connectivity index (χ4v) is 4.02. The van der Waals surface area contributed by atoms with Crippen LogP contribution in [-0.2, 0) is 11.2 Å². The lowest BCUT2D eigenvalue weighted by Gasteiger charge is -2.14. The van der Waals surface area contributed by atoms with Gasteiger partial charge in [-0.3, -0.25) is 19.8 Å². The van der Waals surface area contributed by atoms with E-state index in [2.05, 4.69) is 0 Å². The minimum atomic E-state index is -0.665. The summed E-state index contributed by atoms with van der Waals surface area (Å²) >= 11 is 6.49. The normalized spacial score (nSPS) is 15.6. The maximum Gasteiger partial charge on any atom is 0.311 e. The van der Waals surface area contributed by atoms with Crippen LogP contribution in [0.3, 0.4) is 0 Å². The van der Waals surface area contributed by atoms with Crippen molar-refractivity contribution in [3.63, 3.8) is 0 Å². The van der Waals surface area contributed by atoms with Gasteiger partial charge in [0.15, 0.2) is 5.75 Å². The van der Waals surface area contributed by atoms with E-state index in [4.69, 9.17) is 12.2 Å². The molecule has 0 bridgehead atoms. The average Bonchev–Trinajstić information content (AvgIpc) is 2.91. The summed E-state index contributed by atoms with van der Waals surface area (Å²) < 4.78 is 0.479. The number of benzene rings is 2. The number of carbonyl (C=O) groups is 1. The number of thioether (sulfide) groups is 1. The van der Waals surface area contributed by atoms with Crippen LogP contribution < -0.4 is 0 Å². The highest BCUT2D eigenvalue weighted by Gasteiger charge is 2.31. The van der Waals surface area contributed by atoms with Crippen LogP contribution >= 0.6 is 24.0 Å². The maximum atomic E-state index is 12.6. The molecule has 1 heterocycles. The van der Waals surface area contributed by atoms with Gasteiger partial charge < -0.3 is 5.11 Å². The molecule has 1 aliphatic heterocycles. The van der Waals surface area contributed by atoms with Crippen LogP contribution in [0.5, 0.6) is 5.75 Å². The van der Waals surface area contributed by atoms with Crippen LogP contribution in [0.15, 0.2) is 53.4 Å². The van der Waals surface area contributed by atoms with Crippen molar-refractivity contribution in [1.29, 1.82) is 0 Å². The number of phenolic OH excluding ortho intramolecular Hbond substituents is 1. The summed E-state index contributed by atoms with van der Waals surface area (Å²) in [6.07, 6.45) is 3.19. The number of hydrogen-bond acceptors (Lipinski definition) is 6. The van der Waals surface area contributed by atoms with Gasteiger partial charge in [-0.1, -0.05) is 60.4 Å². The molecule has 0 aromatic heterocycles. The Kier molecular flexibility index (Phi) is 5.88. The smallest absolute Gasteiger partial charge is 0.311 e. The maximum absolute atomic E-state index is 12.6. The molecule has 2 aromatic carbocycles. The van der Waals surface area contributed by atoms with Gasteiger partial charge in [0.25, 0.3) is 5.91 Å². The number of hydrogen-bond donors (Lipinski definition) is 1. The standard InChI is InChI=1S/C19H16N2O4S2/c22-16-9-8-14(11-15(16)21(24)25)12-17-18(23)20(19(26)27-17)10-4-7-13-5-2-1-3-6-13/h1-3,5-6,8-9,11-12,22H,4,7,10H2/b17-12-. The Morgan fingerprint density at radius 1 is 1.22 bits per heavy atom. The van der Waals surface area contributed by atoms with Crippen LogP contribution in [0.1, 0.15) is 17.5 Å². The SMILES string of the molecule is O=C1/C(=C/c2ccc(O)c([N+](=O)[O-])c2)SC(=S)N1CCCc1ccccc1. The number of aryl methyl sites for hydroxylation is 1. The van der Waals surface area contributed by atoms with E-state index in [9.17, 15) is 20.0 Å². The first kappa shape index (κ1) is 19.1. The quantitative estimate of drug-likeness (QED) is 0.340. The number of rotatable bonds is 6. The highest BCUT2D eigenvalue weighted by Crippen LogP contribution is 2.34. The van der Waals surface area contributed by atoms with Gasteiger partial charge in [0.1, 0.15) is 4.32 Å². The van der Waals surface area contributed by atoms with E-state index in [1.807, 2.05) is 30.3 Å². The van der Waals surface area contributed by atoms with E-state index in [0.717, 1.165) is 12.8 Å². The summed E-state index contributed by atoms with van der Waals surface area (Å²) in [6, 6.07) is 14.0. The van der Waals surface area contributed by atoms with E-state index in [-0.39, 0.29) is 5.91 Å². The van der Waals surface area contributed by atoms with Gasteiger partial charge in [-0.2, -0.15) is 0 Å². The second kappa shape index (κ2) is 8.32. The molecule has 27 heavy (non-hydrogen) atoms. The molecule has 8 heteroatoms. The van der Waals surface area contributed by atoms with E-state index in [1.165, 1.54) is 35.5 Å². The van der Waals surface area contributed by atoms with Crippen LogP contribution in [-0.4, -0.2) is 31.7 Å². The molecule has 1 saturated heterocycles. The van der Waals surface area contributed by atoms with Gasteiger partial charge in [0.2, 0.25) is 0 Å². The summed E-state index contributed by atoms with van der Waals surface area (Å²) in [5, 5.41) is 20.5. The van der Waals surface area contributed by atoms with E-state index < -0.39 is 16.4 Å². The van der Waals surface area contributed by atoms with E-state index in [1.54, 1.807) is 11.0 Å². The Balaban J connectivity index is 1.69. The molecule has 1 N–H and O–H groups in total. The molecule has 1 amide bonds. The predicted molar refractivity (Wildman–Crippen MR) is 109 cm³/mol. The summed E-state index contributed by atoms with van der Waals surface area (Å²) in [6.45, 7) is 0.520. The van der Waals surface area contributed by atoms with Gasteiger partial charge in [0, 0.05) is 12.6 Å². The molecular formula is C19H16N2O4S2. The van der Waals surface area contributed by atoms with Crippen molar-refractivity contribution >= 4 is 46.0 Å². The zero-order valence-corrected chi connectivity index (χ0v) is 15.8. The first-order valence-corrected chi connectivity index (χ1v) is 9.45. The Morgan fingerprint density at radius 2 is 1.96 bits per heavy atom. The lowest BCUT2D eigenvalue weighted by molar-refractivity contribution is -0.385. The van der Waals surface area contributed by atoms with Crippen LogP contribution in [0.2, 0.25) is 0 Å². The highest BCUT2D eigenvalue weighted by molar-refractivity contribution is 8.26. The minimum absolute atomic E-state index is 0.200. The Bertz CT molecular complexity index is 929. The topological polar surface area (TPSA) is 83.7 Å². The number of carbonyl (C=O) groups excluding carboxylic acids is 1. The summed E-state index contributed by atoms with van der Waals surface area (Å²) in [7, 11) is 0. The van der Waals surface area contributed by atoms with Crippen molar-refractivity contribution in [2.75, 3.05) is 6.54 Å². The molecule has 3 rings (SSSR count). The zero-order valence-electron chi connectivity index (χ0n) is 14.2. The molecule has 0 atom stereocenters. The van der Waals surface area contributed by atoms with E-state index in [0.29, 0.717) is 21.3 Å². The molecule has 1 fully saturated rings. The molecule has 0 unspecified atom stereocenters. The number of phenols is 1. The van der Waals surface area contributed by atoms with Crippen molar-refractivity contribution in [2.45, 2.75) is 12.8 Å². The number of nitro benzene ring substituents is 1. The van der Waals surface area contributed by atoms with Gasteiger partial charge in [0.05, 0.1) is 9.83 Å². The number of nitro groups is 1. The summed E-state index contributed by atoms with van der Waals surface area (Å²) in [5.74, 6) is -0.612. The highest BCUT2D eigenvalue weighted by atomic mass is 32.2. The lowest BCUT2D eigenvalue weighted by Crippen LogP contribution is -2.29. The third kappa shape index (κ3) is 4.53. The Hall–Kier alpha value is -2.71. The average molecular weight is 400 g/mol. The molecule has 0 saturated carbocycles. The first-order valence-electron chi connectivity index (χ1n) is 8.22. The largest absolute Gasteiger partial charge is 0.502 e. The number of amides is 1. The van der Waals surface area contributed by atoms with Crippen LogP contribution in [0, 0.1) is 10.1 Å². The van der Waals surface area contributed by atoms with Gasteiger partial charge >= 0.3 is 5.69 Å². The van der Waals surface area contributed by atoms with Crippen molar-refractivity contribution in [2.24, 2.45) is 0 Å². The van der Waals surface area contributed by atoms with Gasteiger partial charge in [-0.05, 0) is 36.1 Å². The number of aromatic hydroxyl groups is 1. The molecular weight excluding hydrogens is 384 g/mol. The third-order valence-electron chi connectivity index (χ3n) is 4.06. The van der Waals surface area contributed by atoms with Crippen molar-refractivity contribution in [3.05, 3.63) is 74.7 Å². The van der Waals surface area contributed by atoms with Gasteiger partial charge in [-0.25, -0.2) is 0 Å². The first-order chi connectivity index (χ1) is 13.0. The van der Waals surface area contributed by atoms with Gasteiger partial charge in [-0.15, -0.1) is 0 Å². The monoisotopic (exact) mass is 400 g/mol. The molecule has 0 aliphatic carbocycles. The minimum Gasteiger partial charge on any atom is -0.502 e. The molecule has 138 valence electrons. The summed E-state index contributed by atoms with van der Waals surface area (Å²) in [4.78, 5) is 24.9. The van der Waals surface area contributed by atoms with Crippen LogP contribution in [0.25, 0.3) is 6.08 Å². The Morgan fingerprint density at radius 3 is 2.67 bits per heavy atom. The summed E-state index contributed by atoms with van der Waals surface area (Å²) in [5.41, 5.74) is 1.27. The van der Waals surface area contributed by atoms with Crippen molar-refractivity contribution in [3.8, 4) is 5.75 Å². The third-order valence-corrected chi connectivity index (χ3v) is 5.44. The molecule has 6 nitrogen and oxygen atoms in total. The Labute approximate surface area is 165 Å². The molecule has 1 aliphatic rings.